The molecule has 2 aromatic rings. The average molecular weight is 253 g/mol. The van der Waals surface area contributed by atoms with Gasteiger partial charge in [0.15, 0.2) is 0 Å². The van der Waals surface area contributed by atoms with Crippen molar-refractivity contribution < 1.29 is 4.79 Å². The van der Waals surface area contributed by atoms with Crippen LogP contribution in [0.25, 0.3) is 0 Å². The summed E-state index contributed by atoms with van der Waals surface area (Å²) in [5, 5.41) is 2.96. The number of aryl methyl sites for hydroxylation is 1. The predicted molar refractivity (Wildman–Crippen MR) is 78.0 cm³/mol. The van der Waals surface area contributed by atoms with Crippen molar-refractivity contribution in [2.75, 3.05) is 6.54 Å². The SMILES string of the molecule is Cc1cccc(CC(=O)NCCc2ccccc2)c1. The molecule has 2 nitrogen and oxygen atoms in total. The molecule has 0 aliphatic carbocycles. The molecule has 0 atom stereocenters. The molecule has 0 saturated carbocycles. The van der Waals surface area contributed by atoms with Gasteiger partial charge in [0.1, 0.15) is 0 Å². The van der Waals surface area contributed by atoms with Gasteiger partial charge in [0.05, 0.1) is 6.42 Å². The maximum absolute atomic E-state index is 11.8. The molecule has 0 heterocycles. The molecule has 0 aliphatic heterocycles. The average Bonchev–Trinajstić information content (AvgIpc) is 2.40. The molecular formula is C17H19NO. The van der Waals surface area contributed by atoms with Crippen LogP contribution in [-0.2, 0) is 17.6 Å². The van der Waals surface area contributed by atoms with Crippen molar-refractivity contribution in [3.05, 3.63) is 71.3 Å². The zero-order chi connectivity index (χ0) is 13.5. The summed E-state index contributed by atoms with van der Waals surface area (Å²) in [6.07, 6.45) is 1.33. The topological polar surface area (TPSA) is 29.1 Å². The minimum absolute atomic E-state index is 0.0848. The number of amides is 1. The van der Waals surface area contributed by atoms with E-state index in [4.69, 9.17) is 0 Å². The van der Waals surface area contributed by atoms with Crippen LogP contribution >= 0.6 is 0 Å². The zero-order valence-corrected chi connectivity index (χ0v) is 11.2. The fourth-order valence-corrected chi connectivity index (χ4v) is 2.06. The third-order valence-electron chi connectivity index (χ3n) is 3.03. The van der Waals surface area contributed by atoms with Crippen molar-refractivity contribution in [2.45, 2.75) is 19.8 Å². The van der Waals surface area contributed by atoms with Gasteiger partial charge in [0, 0.05) is 6.54 Å². The van der Waals surface area contributed by atoms with Crippen LogP contribution in [0.5, 0.6) is 0 Å². The molecule has 0 spiro atoms. The number of hydrogen-bond acceptors (Lipinski definition) is 1. The van der Waals surface area contributed by atoms with Crippen LogP contribution in [0.1, 0.15) is 16.7 Å². The van der Waals surface area contributed by atoms with Gasteiger partial charge in [-0.15, -0.1) is 0 Å². The third kappa shape index (κ3) is 4.59. The molecule has 0 radical (unpaired) electrons. The zero-order valence-electron chi connectivity index (χ0n) is 11.2. The molecular weight excluding hydrogens is 234 g/mol. The van der Waals surface area contributed by atoms with Crippen LogP contribution in [0.3, 0.4) is 0 Å². The quantitative estimate of drug-likeness (QED) is 0.872. The van der Waals surface area contributed by atoms with E-state index in [1.807, 2.05) is 43.3 Å². The number of hydrogen-bond donors (Lipinski definition) is 1. The fraction of sp³-hybridized carbons (Fsp3) is 0.235. The van der Waals surface area contributed by atoms with E-state index < -0.39 is 0 Å². The molecule has 2 heteroatoms. The Hall–Kier alpha value is -2.09. The number of rotatable bonds is 5. The first-order valence-corrected chi connectivity index (χ1v) is 6.60. The van der Waals surface area contributed by atoms with E-state index in [-0.39, 0.29) is 5.91 Å². The highest BCUT2D eigenvalue weighted by Gasteiger charge is 2.02. The second kappa shape index (κ2) is 6.74. The van der Waals surface area contributed by atoms with Gasteiger partial charge in [-0.3, -0.25) is 4.79 Å². The summed E-state index contributed by atoms with van der Waals surface area (Å²) in [7, 11) is 0. The Balaban J connectivity index is 1.76. The van der Waals surface area contributed by atoms with E-state index in [1.165, 1.54) is 11.1 Å². The van der Waals surface area contributed by atoms with Crippen molar-refractivity contribution in [1.82, 2.24) is 5.32 Å². The molecule has 1 amide bonds. The summed E-state index contributed by atoms with van der Waals surface area (Å²) < 4.78 is 0. The standard InChI is InChI=1S/C17H19NO/c1-14-6-5-9-16(12-14)13-17(19)18-11-10-15-7-3-2-4-8-15/h2-9,12H,10-11,13H2,1H3,(H,18,19). The number of carbonyl (C=O) groups excluding carboxylic acids is 1. The molecule has 0 aromatic heterocycles. The number of carbonyl (C=O) groups is 1. The lowest BCUT2D eigenvalue weighted by molar-refractivity contribution is -0.120. The van der Waals surface area contributed by atoms with Gasteiger partial charge in [-0.25, -0.2) is 0 Å². The van der Waals surface area contributed by atoms with Crippen LogP contribution in [0, 0.1) is 6.92 Å². The first-order valence-electron chi connectivity index (χ1n) is 6.60. The Morgan fingerprint density at radius 3 is 2.47 bits per heavy atom. The minimum Gasteiger partial charge on any atom is -0.355 e. The molecule has 0 saturated heterocycles. The Morgan fingerprint density at radius 1 is 1.00 bits per heavy atom. The summed E-state index contributed by atoms with van der Waals surface area (Å²) in [5.74, 6) is 0.0848. The van der Waals surface area contributed by atoms with Crippen LogP contribution in [0.4, 0.5) is 0 Å². The highest BCUT2D eigenvalue weighted by atomic mass is 16.1. The molecule has 0 bridgehead atoms. The van der Waals surface area contributed by atoms with Gasteiger partial charge in [-0.05, 0) is 24.5 Å². The van der Waals surface area contributed by atoms with E-state index in [2.05, 4.69) is 23.5 Å². The van der Waals surface area contributed by atoms with E-state index >= 15 is 0 Å². The predicted octanol–water partition coefficient (Wildman–Crippen LogP) is 2.90. The van der Waals surface area contributed by atoms with Crippen molar-refractivity contribution in [2.24, 2.45) is 0 Å². The van der Waals surface area contributed by atoms with E-state index in [1.54, 1.807) is 0 Å². The molecule has 0 fully saturated rings. The van der Waals surface area contributed by atoms with Gasteiger partial charge in [0.25, 0.3) is 0 Å². The largest absolute Gasteiger partial charge is 0.355 e. The van der Waals surface area contributed by atoms with Crippen LogP contribution in [0.2, 0.25) is 0 Å². The summed E-state index contributed by atoms with van der Waals surface area (Å²) in [6, 6.07) is 18.3. The van der Waals surface area contributed by atoms with E-state index in [0.29, 0.717) is 13.0 Å². The molecule has 0 aliphatic rings. The van der Waals surface area contributed by atoms with Crippen LogP contribution in [-0.4, -0.2) is 12.5 Å². The van der Waals surface area contributed by atoms with Crippen LogP contribution < -0.4 is 5.32 Å². The van der Waals surface area contributed by atoms with Crippen molar-refractivity contribution in [3.8, 4) is 0 Å². The fourth-order valence-electron chi connectivity index (χ4n) is 2.06. The molecule has 98 valence electrons. The van der Waals surface area contributed by atoms with Crippen molar-refractivity contribution in [3.63, 3.8) is 0 Å². The Kier molecular flexibility index (Phi) is 4.73. The van der Waals surface area contributed by atoms with Crippen molar-refractivity contribution in [1.29, 1.82) is 0 Å². The van der Waals surface area contributed by atoms with Gasteiger partial charge < -0.3 is 5.32 Å². The van der Waals surface area contributed by atoms with Gasteiger partial charge in [0.2, 0.25) is 5.91 Å². The van der Waals surface area contributed by atoms with Crippen molar-refractivity contribution >= 4 is 5.91 Å². The summed E-state index contributed by atoms with van der Waals surface area (Å²) in [6.45, 7) is 2.73. The van der Waals surface area contributed by atoms with Crippen LogP contribution in [0.15, 0.2) is 54.6 Å². The molecule has 2 aromatic carbocycles. The molecule has 1 N–H and O–H groups in total. The first-order chi connectivity index (χ1) is 9.24. The summed E-state index contributed by atoms with van der Waals surface area (Å²) in [4.78, 5) is 11.8. The number of nitrogens with one attached hydrogen (secondary N) is 1. The highest BCUT2D eigenvalue weighted by Crippen LogP contribution is 2.04. The maximum atomic E-state index is 11.8. The van der Waals surface area contributed by atoms with Gasteiger partial charge in [-0.2, -0.15) is 0 Å². The van der Waals surface area contributed by atoms with E-state index in [0.717, 1.165) is 12.0 Å². The Morgan fingerprint density at radius 2 is 1.74 bits per heavy atom. The maximum Gasteiger partial charge on any atom is 0.224 e. The lowest BCUT2D eigenvalue weighted by Gasteiger charge is -2.06. The second-order valence-corrected chi connectivity index (χ2v) is 4.75. The second-order valence-electron chi connectivity index (χ2n) is 4.75. The lowest BCUT2D eigenvalue weighted by atomic mass is 10.1. The highest BCUT2D eigenvalue weighted by molar-refractivity contribution is 5.78. The minimum atomic E-state index is 0.0848. The van der Waals surface area contributed by atoms with E-state index in [9.17, 15) is 4.79 Å². The summed E-state index contributed by atoms with van der Waals surface area (Å²) >= 11 is 0. The molecule has 0 unspecified atom stereocenters. The lowest BCUT2D eigenvalue weighted by Crippen LogP contribution is -2.27. The smallest absolute Gasteiger partial charge is 0.224 e. The third-order valence-corrected chi connectivity index (χ3v) is 3.03. The normalized spacial score (nSPS) is 10.2. The van der Waals surface area contributed by atoms with Gasteiger partial charge in [-0.1, -0.05) is 60.2 Å². The number of benzene rings is 2. The Bertz CT molecular complexity index is 534. The van der Waals surface area contributed by atoms with Gasteiger partial charge >= 0.3 is 0 Å². The molecule has 19 heavy (non-hydrogen) atoms. The summed E-state index contributed by atoms with van der Waals surface area (Å²) in [5.41, 5.74) is 3.50. The molecule has 2 rings (SSSR count). The Labute approximate surface area is 114 Å². The first kappa shape index (κ1) is 13.3. The monoisotopic (exact) mass is 253 g/mol.